The molecule has 5 unspecified atom stereocenters. The third kappa shape index (κ3) is 9.10. The Hall–Kier alpha value is -3.93. The van der Waals surface area contributed by atoms with Crippen molar-refractivity contribution >= 4 is 40.6 Å². The summed E-state index contributed by atoms with van der Waals surface area (Å²) in [4.78, 5) is 64.8. The van der Waals surface area contributed by atoms with E-state index in [2.05, 4.69) is 20.9 Å². The number of hydrogen-bond donors (Lipinski definition) is 7. The highest BCUT2D eigenvalue weighted by Crippen LogP contribution is 2.19. The highest BCUT2D eigenvalue weighted by molar-refractivity contribution is 5.95. The molecule has 0 aliphatic carbocycles. The molecule has 1 aromatic heterocycles. The van der Waals surface area contributed by atoms with Crippen molar-refractivity contribution in [1.82, 2.24) is 20.9 Å². The van der Waals surface area contributed by atoms with Gasteiger partial charge >= 0.3 is 11.9 Å². The van der Waals surface area contributed by atoms with Crippen molar-refractivity contribution in [2.75, 3.05) is 0 Å². The quantitative estimate of drug-likeness (QED) is 0.172. The molecular weight excluding hydrogens is 506 g/mol. The SMILES string of the molecule is CCC(C)C(NC(=O)C(N)Cc1c[nH]c2ccccc12)C(=O)NC(CC(C)C)C(=O)NC(CC(=O)O)C(=O)O. The van der Waals surface area contributed by atoms with Crippen LogP contribution in [0.15, 0.2) is 30.5 Å². The minimum absolute atomic E-state index is 0.0648. The fourth-order valence-corrected chi connectivity index (χ4v) is 4.20. The second-order valence-corrected chi connectivity index (χ2v) is 10.2. The van der Waals surface area contributed by atoms with Gasteiger partial charge < -0.3 is 36.9 Å². The van der Waals surface area contributed by atoms with Crippen molar-refractivity contribution in [2.45, 2.75) is 77.5 Å². The van der Waals surface area contributed by atoms with Gasteiger partial charge in [0.1, 0.15) is 18.1 Å². The molecule has 1 heterocycles. The van der Waals surface area contributed by atoms with Crippen LogP contribution in [0.3, 0.4) is 0 Å². The molecule has 0 bridgehead atoms. The number of carbonyl (C=O) groups excluding carboxylic acids is 3. The van der Waals surface area contributed by atoms with Crippen LogP contribution in [0.1, 0.15) is 52.5 Å². The van der Waals surface area contributed by atoms with Crippen LogP contribution in [0.2, 0.25) is 0 Å². The largest absolute Gasteiger partial charge is 0.481 e. The van der Waals surface area contributed by atoms with E-state index in [1.165, 1.54) is 0 Å². The second-order valence-electron chi connectivity index (χ2n) is 10.2. The fourth-order valence-electron chi connectivity index (χ4n) is 4.20. The zero-order valence-electron chi connectivity index (χ0n) is 22.7. The summed E-state index contributed by atoms with van der Waals surface area (Å²) in [6, 6.07) is 2.87. The highest BCUT2D eigenvalue weighted by Gasteiger charge is 2.33. The third-order valence-electron chi connectivity index (χ3n) is 6.58. The molecule has 8 N–H and O–H groups in total. The average molecular weight is 546 g/mol. The Morgan fingerprint density at radius 1 is 0.923 bits per heavy atom. The number of carboxylic acids is 2. The van der Waals surface area contributed by atoms with Crippen LogP contribution in [0.5, 0.6) is 0 Å². The molecule has 214 valence electrons. The Kier molecular flexibility index (Phi) is 11.5. The maximum atomic E-state index is 13.3. The number of H-pyrrole nitrogens is 1. The molecular formula is C27H39N5O7. The van der Waals surface area contributed by atoms with Crippen LogP contribution >= 0.6 is 0 Å². The number of rotatable bonds is 15. The first-order chi connectivity index (χ1) is 18.3. The van der Waals surface area contributed by atoms with E-state index in [0.29, 0.717) is 6.42 Å². The number of fused-ring (bicyclic) bond motifs is 1. The van der Waals surface area contributed by atoms with Crippen molar-refractivity contribution in [3.63, 3.8) is 0 Å². The first-order valence-electron chi connectivity index (χ1n) is 13.0. The Bertz CT molecular complexity index is 1180. The summed E-state index contributed by atoms with van der Waals surface area (Å²) in [5.74, 6) is -5.25. The number of amides is 3. The average Bonchev–Trinajstić information content (AvgIpc) is 3.27. The van der Waals surface area contributed by atoms with E-state index in [-0.39, 0.29) is 24.7 Å². The number of nitrogens with one attached hydrogen (secondary N) is 4. The van der Waals surface area contributed by atoms with Crippen molar-refractivity contribution in [1.29, 1.82) is 0 Å². The first kappa shape index (κ1) is 31.3. The summed E-state index contributed by atoms with van der Waals surface area (Å²) in [5, 5.41) is 26.7. The van der Waals surface area contributed by atoms with Crippen LogP contribution in [0.25, 0.3) is 10.9 Å². The van der Waals surface area contributed by atoms with E-state index in [4.69, 9.17) is 10.8 Å². The summed E-state index contributed by atoms with van der Waals surface area (Å²) in [6.45, 7) is 7.26. The lowest BCUT2D eigenvalue weighted by Gasteiger charge is -2.28. The van der Waals surface area contributed by atoms with Gasteiger partial charge in [0.15, 0.2) is 0 Å². The molecule has 3 amide bonds. The molecule has 1 aromatic carbocycles. The number of aromatic nitrogens is 1. The molecule has 12 heteroatoms. The Morgan fingerprint density at radius 3 is 2.15 bits per heavy atom. The van der Waals surface area contributed by atoms with Crippen LogP contribution in [-0.4, -0.2) is 69.0 Å². The molecule has 12 nitrogen and oxygen atoms in total. The molecule has 0 saturated heterocycles. The summed E-state index contributed by atoms with van der Waals surface area (Å²) >= 11 is 0. The summed E-state index contributed by atoms with van der Waals surface area (Å²) < 4.78 is 0. The van der Waals surface area contributed by atoms with Gasteiger partial charge in [0.05, 0.1) is 12.5 Å². The Morgan fingerprint density at radius 2 is 1.56 bits per heavy atom. The lowest BCUT2D eigenvalue weighted by Crippen LogP contribution is -2.59. The number of para-hydroxylation sites is 1. The molecule has 0 aliphatic rings. The number of benzene rings is 1. The molecule has 39 heavy (non-hydrogen) atoms. The number of aliphatic carboxylic acids is 2. The maximum Gasteiger partial charge on any atom is 0.326 e. The van der Waals surface area contributed by atoms with E-state index in [0.717, 1.165) is 16.5 Å². The summed E-state index contributed by atoms with van der Waals surface area (Å²) in [6.07, 6.45) is 1.92. The standard InChI is InChI=1S/C27H39N5O7/c1-5-15(4)23(32-24(35)18(28)11-16-13-29-19-9-7-6-8-17(16)19)26(37)30-20(10-14(2)3)25(36)31-21(27(38)39)12-22(33)34/h6-9,13-15,18,20-21,23,29H,5,10-12,28H2,1-4H3,(H,30,37)(H,31,36)(H,32,35)(H,33,34)(H,38,39). The number of carboxylic acid groups (broad SMARTS) is 2. The molecule has 0 saturated carbocycles. The van der Waals surface area contributed by atoms with E-state index in [1.807, 2.05) is 45.0 Å². The fraction of sp³-hybridized carbons (Fsp3) is 0.519. The number of nitrogens with two attached hydrogens (primary N) is 1. The van der Waals surface area contributed by atoms with E-state index in [9.17, 15) is 29.1 Å². The zero-order valence-corrected chi connectivity index (χ0v) is 22.7. The molecule has 0 spiro atoms. The zero-order chi connectivity index (χ0) is 29.3. The number of aromatic amines is 1. The molecule has 2 aromatic rings. The Labute approximate surface area is 227 Å². The smallest absolute Gasteiger partial charge is 0.326 e. The van der Waals surface area contributed by atoms with Crippen molar-refractivity contribution < 1.29 is 34.2 Å². The summed E-state index contributed by atoms with van der Waals surface area (Å²) in [5.41, 5.74) is 7.98. The molecule has 2 rings (SSSR count). The number of carbonyl (C=O) groups is 5. The van der Waals surface area contributed by atoms with Crippen molar-refractivity contribution in [3.05, 3.63) is 36.0 Å². The third-order valence-corrected chi connectivity index (χ3v) is 6.58. The molecule has 0 radical (unpaired) electrons. The predicted octanol–water partition coefficient (Wildman–Crippen LogP) is 1.14. The van der Waals surface area contributed by atoms with Gasteiger partial charge in [-0.15, -0.1) is 0 Å². The summed E-state index contributed by atoms with van der Waals surface area (Å²) in [7, 11) is 0. The van der Waals surface area contributed by atoms with Crippen LogP contribution < -0.4 is 21.7 Å². The molecule has 0 fully saturated rings. The van der Waals surface area contributed by atoms with Gasteiger partial charge in [-0.1, -0.05) is 52.3 Å². The van der Waals surface area contributed by atoms with Crippen LogP contribution in [0.4, 0.5) is 0 Å². The predicted molar refractivity (Wildman–Crippen MR) is 145 cm³/mol. The monoisotopic (exact) mass is 545 g/mol. The Balaban J connectivity index is 2.15. The van der Waals surface area contributed by atoms with E-state index in [1.54, 1.807) is 13.1 Å². The lowest BCUT2D eigenvalue weighted by atomic mass is 9.96. The van der Waals surface area contributed by atoms with Gasteiger partial charge in [-0.3, -0.25) is 19.2 Å². The van der Waals surface area contributed by atoms with Gasteiger partial charge in [0, 0.05) is 17.1 Å². The minimum atomic E-state index is -1.66. The number of hydrogen-bond acceptors (Lipinski definition) is 6. The highest BCUT2D eigenvalue weighted by atomic mass is 16.4. The minimum Gasteiger partial charge on any atom is -0.481 e. The van der Waals surface area contributed by atoms with Crippen LogP contribution in [-0.2, 0) is 30.4 Å². The van der Waals surface area contributed by atoms with Crippen LogP contribution in [0, 0.1) is 11.8 Å². The second kappa shape index (κ2) is 14.3. The lowest BCUT2D eigenvalue weighted by molar-refractivity contribution is -0.147. The van der Waals surface area contributed by atoms with E-state index >= 15 is 0 Å². The van der Waals surface area contributed by atoms with Crippen molar-refractivity contribution in [2.24, 2.45) is 17.6 Å². The van der Waals surface area contributed by atoms with Gasteiger partial charge in [0.25, 0.3) is 0 Å². The maximum absolute atomic E-state index is 13.3. The van der Waals surface area contributed by atoms with Gasteiger partial charge in [-0.25, -0.2) is 4.79 Å². The molecule has 5 atom stereocenters. The van der Waals surface area contributed by atoms with E-state index < -0.39 is 60.2 Å². The topological polar surface area (TPSA) is 204 Å². The molecule has 0 aliphatic heterocycles. The van der Waals surface area contributed by atoms with Crippen molar-refractivity contribution in [3.8, 4) is 0 Å². The van der Waals surface area contributed by atoms with Gasteiger partial charge in [0.2, 0.25) is 17.7 Å². The van der Waals surface area contributed by atoms with Gasteiger partial charge in [-0.05, 0) is 36.3 Å². The van der Waals surface area contributed by atoms with Gasteiger partial charge in [-0.2, -0.15) is 0 Å². The first-order valence-corrected chi connectivity index (χ1v) is 13.0. The normalized spacial score (nSPS) is 15.1.